The van der Waals surface area contributed by atoms with Crippen LogP contribution in [0.1, 0.15) is 53.2 Å². The molecule has 1 saturated carbocycles. The number of nitrogens with zero attached hydrogens (tertiary/aromatic N) is 1. The number of hydrogen-bond acceptors (Lipinski definition) is 4. The monoisotopic (exact) mass is 414 g/mol. The van der Waals surface area contributed by atoms with Crippen LogP contribution in [0.15, 0.2) is 48.5 Å². The van der Waals surface area contributed by atoms with Gasteiger partial charge in [-0.05, 0) is 30.5 Å². The summed E-state index contributed by atoms with van der Waals surface area (Å²) in [5.74, 6) is 0.241. The number of amides is 2. The zero-order valence-electron chi connectivity index (χ0n) is 16.1. The fourth-order valence-electron chi connectivity index (χ4n) is 4.17. The van der Waals surface area contributed by atoms with E-state index < -0.39 is 5.91 Å². The molecule has 0 spiro atoms. The molecule has 1 fully saturated rings. The molecule has 1 heterocycles. The number of carbonyl (C=O) groups is 2. The number of carbonyl (C=O) groups excluding carboxylic acids is 2. The number of ether oxygens (including phenoxy) is 1. The maximum absolute atomic E-state index is 13.3. The Bertz CT molecular complexity index is 868. The van der Waals surface area contributed by atoms with Crippen LogP contribution < -0.4 is 10.2 Å². The molecule has 0 radical (unpaired) electrons. The standard InChI is InChI=1S/C22H24N2O4.H2S/c25-21(23-27)17-10-11-18-13-24(22(26)16-8-4-5-9-16)19(14-28-20(18)12-17)15-6-2-1-3-7-15;/h1-3,6-7,10-12,16,19,27H,4-5,8-9,13-14H2,(H,23,25);1H2/t19-;/m1./s1. The van der Waals surface area contributed by atoms with Crippen molar-refractivity contribution in [3.63, 3.8) is 0 Å². The Hall–Kier alpha value is -2.51. The summed E-state index contributed by atoms with van der Waals surface area (Å²) in [6.45, 7) is 0.755. The molecule has 1 aliphatic heterocycles. The number of hydroxylamine groups is 1. The van der Waals surface area contributed by atoms with E-state index in [9.17, 15) is 9.59 Å². The van der Waals surface area contributed by atoms with Crippen molar-refractivity contribution in [2.75, 3.05) is 6.61 Å². The van der Waals surface area contributed by atoms with Gasteiger partial charge in [-0.15, -0.1) is 0 Å². The fourth-order valence-corrected chi connectivity index (χ4v) is 4.17. The number of benzene rings is 2. The molecule has 2 amide bonds. The largest absolute Gasteiger partial charge is 0.491 e. The number of fused-ring (bicyclic) bond motifs is 1. The summed E-state index contributed by atoms with van der Waals surface area (Å²) in [5, 5.41) is 8.88. The molecule has 0 aromatic heterocycles. The molecule has 2 aromatic rings. The van der Waals surface area contributed by atoms with Gasteiger partial charge in [-0.2, -0.15) is 13.5 Å². The van der Waals surface area contributed by atoms with Gasteiger partial charge in [0.25, 0.3) is 5.91 Å². The summed E-state index contributed by atoms with van der Waals surface area (Å²) in [5.41, 5.74) is 3.85. The van der Waals surface area contributed by atoms with Gasteiger partial charge >= 0.3 is 0 Å². The van der Waals surface area contributed by atoms with Gasteiger partial charge in [0.2, 0.25) is 5.91 Å². The first-order chi connectivity index (χ1) is 13.7. The van der Waals surface area contributed by atoms with Crippen molar-refractivity contribution < 1.29 is 19.5 Å². The molecule has 154 valence electrons. The molecule has 0 unspecified atom stereocenters. The van der Waals surface area contributed by atoms with Gasteiger partial charge in [0.1, 0.15) is 12.4 Å². The molecule has 6 nitrogen and oxygen atoms in total. The Morgan fingerprint density at radius 2 is 1.79 bits per heavy atom. The predicted molar refractivity (Wildman–Crippen MR) is 113 cm³/mol. The van der Waals surface area contributed by atoms with Gasteiger partial charge in [-0.3, -0.25) is 14.8 Å². The van der Waals surface area contributed by atoms with Crippen molar-refractivity contribution in [3.8, 4) is 5.75 Å². The van der Waals surface area contributed by atoms with Crippen molar-refractivity contribution in [2.45, 2.75) is 38.3 Å². The van der Waals surface area contributed by atoms with E-state index in [1.807, 2.05) is 35.2 Å². The van der Waals surface area contributed by atoms with E-state index in [-0.39, 0.29) is 31.4 Å². The lowest BCUT2D eigenvalue weighted by Gasteiger charge is -2.31. The van der Waals surface area contributed by atoms with Crippen LogP contribution in [-0.2, 0) is 11.3 Å². The van der Waals surface area contributed by atoms with Gasteiger partial charge in [-0.25, -0.2) is 5.48 Å². The lowest BCUT2D eigenvalue weighted by Crippen LogP contribution is -2.39. The lowest BCUT2D eigenvalue weighted by molar-refractivity contribution is -0.139. The summed E-state index contributed by atoms with van der Waals surface area (Å²) in [6.07, 6.45) is 4.10. The van der Waals surface area contributed by atoms with Gasteiger partial charge < -0.3 is 9.64 Å². The summed E-state index contributed by atoms with van der Waals surface area (Å²) >= 11 is 0. The molecule has 7 heteroatoms. The minimum atomic E-state index is -0.589. The highest BCUT2D eigenvalue weighted by Crippen LogP contribution is 2.36. The number of rotatable bonds is 3. The average Bonchev–Trinajstić information content (AvgIpc) is 3.21. The third kappa shape index (κ3) is 4.41. The van der Waals surface area contributed by atoms with Crippen molar-refractivity contribution in [2.24, 2.45) is 5.92 Å². The van der Waals surface area contributed by atoms with Gasteiger partial charge in [0.15, 0.2) is 0 Å². The van der Waals surface area contributed by atoms with E-state index in [0.717, 1.165) is 36.8 Å². The quantitative estimate of drug-likeness (QED) is 0.594. The molecular formula is C22H26N2O4S. The van der Waals surface area contributed by atoms with Crippen molar-refractivity contribution >= 4 is 25.3 Å². The number of nitrogens with one attached hydrogen (secondary N) is 1. The summed E-state index contributed by atoms with van der Waals surface area (Å²) < 4.78 is 6.04. The first-order valence-corrected chi connectivity index (χ1v) is 9.73. The second-order valence-electron chi connectivity index (χ2n) is 7.45. The van der Waals surface area contributed by atoms with Crippen LogP contribution in [-0.4, -0.2) is 28.5 Å². The minimum Gasteiger partial charge on any atom is -0.491 e. The van der Waals surface area contributed by atoms with Crippen LogP contribution >= 0.6 is 13.5 Å². The molecule has 2 N–H and O–H groups in total. The molecule has 4 rings (SSSR count). The molecule has 2 aromatic carbocycles. The lowest BCUT2D eigenvalue weighted by atomic mass is 10.0. The van der Waals surface area contributed by atoms with Crippen molar-refractivity contribution in [1.82, 2.24) is 10.4 Å². The van der Waals surface area contributed by atoms with Crippen LogP contribution in [0, 0.1) is 5.92 Å². The minimum absolute atomic E-state index is 0. The highest BCUT2D eigenvalue weighted by Gasteiger charge is 2.35. The third-order valence-corrected chi connectivity index (χ3v) is 5.72. The molecule has 0 bridgehead atoms. The fraction of sp³-hybridized carbons (Fsp3) is 0.364. The average molecular weight is 415 g/mol. The highest BCUT2D eigenvalue weighted by atomic mass is 32.1. The topological polar surface area (TPSA) is 78.9 Å². The third-order valence-electron chi connectivity index (χ3n) is 5.72. The van der Waals surface area contributed by atoms with Gasteiger partial charge in [-0.1, -0.05) is 49.2 Å². The van der Waals surface area contributed by atoms with E-state index >= 15 is 0 Å². The van der Waals surface area contributed by atoms with Crippen LogP contribution in [0.3, 0.4) is 0 Å². The Morgan fingerprint density at radius 1 is 1.07 bits per heavy atom. The molecule has 0 saturated heterocycles. The Balaban J connectivity index is 0.00000240. The van der Waals surface area contributed by atoms with Crippen molar-refractivity contribution in [1.29, 1.82) is 0 Å². The predicted octanol–water partition coefficient (Wildman–Crippen LogP) is 3.57. The van der Waals surface area contributed by atoms with E-state index in [2.05, 4.69) is 0 Å². The maximum atomic E-state index is 13.3. The zero-order valence-corrected chi connectivity index (χ0v) is 17.1. The molecular weight excluding hydrogens is 388 g/mol. The molecule has 2 aliphatic rings. The first-order valence-electron chi connectivity index (χ1n) is 9.73. The van der Waals surface area contributed by atoms with Crippen LogP contribution in [0.2, 0.25) is 0 Å². The van der Waals surface area contributed by atoms with Crippen LogP contribution in [0.5, 0.6) is 5.75 Å². The van der Waals surface area contributed by atoms with Crippen LogP contribution in [0.25, 0.3) is 0 Å². The van der Waals surface area contributed by atoms with E-state index in [1.165, 1.54) is 0 Å². The second-order valence-corrected chi connectivity index (χ2v) is 7.45. The SMILES string of the molecule is O=C(NO)c1ccc2c(c1)OC[C@H](c1ccccc1)N(C(=O)C1CCCC1)C2.S. The summed E-state index contributed by atoms with van der Waals surface area (Å²) in [6, 6.07) is 14.8. The second kappa shape index (κ2) is 9.33. The molecule has 1 atom stereocenters. The summed E-state index contributed by atoms with van der Waals surface area (Å²) in [7, 11) is 0. The van der Waals surface area contributed by atoms with Gasteiger partial charge in [0.05, 0.1) is 12.6 Å². The normalized spacial score (nSPS) is 18.8. The van der Waals surface area contributed by atoms with E-state index in [0.29, 0.717) is 24.5 Å². The van der Waals surface area contributed by atoms with Crippen molar-refractivity contribution in [3.05, 3.63) is 65.2 Å². The molecule has 1 aliphatic carbocycles. The maximum Gasteiger partial charge on any atom is 0.274 e. The summed E-state index contributed by atoms with van der Waals surface area (Å²) in [4.78, 5) is 27.0. The van der Waals surface area contributed by atoms with Crippen LogP contribution in [0.4, 0.5) is 0 Å². The highest BCUT2D eigenvalue weighted by molar-refractivity contribution is 7.59. The van der Waals surface area contributed by atoms with E-state index in [1.54, 1.807) is 23.7 Å². The Kier molecular flexibility index (Phi) is 6.82. The number of hydrogen-bond donors (Lipinski definition) is 2. The Morgan fingerprint density at radius 3 is 2.48 bits per heavy atom. The zero-order chi connectivity index (χ0) is 19.5. The molecule has 29 heavy (non-hydrogen) atoms. The van der Waals surface area contributed by atoms with Gasteiger partial charge in [0, 0.05) is 17.0 Å². The Labute approximate surface area is 177 Å². The van der Waals surface area contributed by atoms with E-state index in [4.69, 9.17) is 9.94 Å². The smallest absolute Gasteiger partial charge is 0.274 e. The first kappa shape index (κ1) is 21.2.